The van der Waals surface area contributed by atoms with Gasteiger partial charge < -0.3 is 19.3 Å². The van der Waals surface area contributed by atoms with E-state index in [1.54, 1.807) is 6.07 Å². The first-order valence-corrected chi connectivity index (χ1v) is 8.37. The predicted molar refractivity (Wildman–Crippen MR) is 96.1 cm³/mol. The molecule has 134 valence electrons. The maximum Gasteiger partial charge on any atom is 0.335 e. The lowest BCUT2D eigenvalue weighted by Gasteiger charge is -2.13. The van der Waals surface area contributed by atoms with E-state index in [9.17, 15) is 4.79 Å². The summed E-state index contributed by atoms with van der Waals surface area (Å²) in [5, 5.41) is 9.05. The van der Waals surface area contributed by atoms with Gasteiger partial charge in [0.2, 0.25) is 0 Å². The second-order valence-corrected chi connectivity index (χ2v) is 5.82. The van der Waals surface area contributed by atoms with E-state index >= 15 is 0 Å². The topological polar surface area (TPSA) is 65.0 Å². The van der Waals surface area contributed by atoms with Crippen molar-refractivity contribution in [3.05, 3.63) is 53.6 Å². The molecule has 0 spiro atoms. The molecule has 0 saturated carbocycles. The van der Waals surface area contributed by atoms with Crippen molar-refractivity contribution in [2.24, 2.45) is 0 Å². The van der Waals surface area contributed by atoms with Crippen LogP contribution in [-0.2, 0) is 0 Å². The SMILES string of the molecule is CCOc1cc(C(=O)O)ccc1OCCOc1ccc(C(C)C)cc1. The van der Waals surface area contributed by atoms with Crippen LogP contribution in [0.1, 0.15) is 42.6 Å². The maximum atomic E-state index is 11.0. The Bertz CT molecular complexity index is 692. The number of carboxylic acid groups (broad SMARTS) is 1. The highest BCUT2D eigenvalue weighted by molar-refractivity contribution is 5.88. The zero-order valence-corrected chi connectivity index (χ0v) is 14.8. The average molecular weight is 344 g/mol. The van der Waals surface area contributed by atoms with Gasteiger partial charge in [0.1, 0.15) is 19.0 Å². The van der Waals surface area contributed by atoms with Crippen molar-refractivity contribution in [3.63, 3.8) is 0 Å². The summed E-state index contributed by atoms with van der Waals surface area (Å²) in [5.74, 6) is 1.21. The van der Waals surface area contributed by atoms with Crippen LogP contribution in [0.4, 0.5) is 0 Å². The van der Waals surface area contributed by atoms with Crippen molar-refractivity contribution in [3.8, 4) is 17.2 Å². The second-order valence-electron chi connectivity index (χ2n) is 5.82. The lowest BCUT2D eigenvalue weighted by atomic mass is 10.0. The number of aromatic carboxylic acids is 1. The summed E-state index contributed by atoms with van der Waals surface area (Å²) in [6.07, 6.45) is 0. The summed E-state index contributed by atoms with van der Waals surface area (Å²) in [4.78, 5) is 11.0. The fraction of sp³-hybridized carbons (Fsp3) is 0.350. The molecule has 0 aliphatic carbocycles. The Balaban J connectivity index is 1.89. The molecule has 1 N–H and O–H groups in total. The van der Waals surface area contributed by atoms with Gasteiger partial charge in [-0.25, -0.2) is 4.79 Å². The molecule has 0 bridgehead atoms. The van der Waals surface area contributed by atoms with Crippen LogP contribution in [0, 0.1) is 0 Å². The molecule has 2 rings (SSSR count). The van der Waals surface area contributed by atoms with Gasteiger partial charge in [0.15, 0.2) is 11.5 Å². The van der Waals surface area contributed by atoms with Gasteiger partial charge in [0.25, 0.3) is 0 Å². The van der Waals surface area contributed by atoms with Gasteiger partial charge in [-0.1, -0.05) is 26.0 Å². The third-order valence-electron chi connectivity index (χ3n) is 3.65. The summed E-state index contributed by atoms with van der Waals surface area (Å²) in [5.41, 5.74) is 1.43. The Hall–Kier alpha value is -2.69. The molecule has 0 heterocycles. The molecule has 5 nitrogen and oxygen atoms in total. The Labute approximate surface area is 148 Å². The summed E-state index contributed by atoms with van der Waals surface area (Å²) < 4.78 is 16.8. The molecule has 0 aromatic heterocycles. The van der Waals surface area contributed by atoms with Gasteiger partial charge >= 0.3 is 5.97 Å². The monoisotopic (exact) mass is 344 g/mol. The van der Waals surface area contributed by atoms with Gasteiger partial charge in [-0.2, -0.15) is 0 Å². The van der Waals surface area contributed by atoms with Crippen molar-refractivity contribution >= 4 is 5.97 Å². The minimum Gasteiger partial charge on any atom is -0.490 e. The molecule has 0 radical (unpaired) electrons. The summed E-state index contributed by atoms with van der Waals surface area (Å²) in [6.45, 7) is 7.27. The first kappa shape index (κ1) is 18.6. The molecule has 0 fully saturated rings. The third-order valence-corrected chi connectivity index (χ3v) is 3.65. The second kappa shape index (κ2) is 8.97. The first-order valence-electron chi connectivity index (χ1n) is 8.37. The van der Waals surface area contributed by atoms with E-state index in [1.165, 1.54) is 17.7 Å². The number of carbonyl (C=O) groups is 1. The number of benzene rings is 2. The number of ether oxygens (including phenoxy) is 3. The smallest absolute Gasteiger partial charge is 0.335 e. The van der Waals surface area contributed by atoms with Gasteiger partial charge in [0.05, 0.1) is 12.2 Å². The number of carboxylic acids is 1. The van der Waals surface area contributed by atoms with Gasteiger partial charge in [0, 0.05) is 0 Å². The van der Waals surface area contributed by atoms with E-state index in [-0.39, 0.29) is 5.56 Å². The molecule has 25 heavy (non-hydrogen) atoms. The standard InChI is InChI=1S/C20H24O5/c1-4-23-19-13-16(20(21)22)7-10-18(19)25-12-11-24-17-8-5-15(6-9-17)14(2)3/h5-10,13-14H,4,11-12H2,1-3H3,(H,21,22). The van der Waals surface area contributed by atoms with E-state index in [0.29, 0.717) is 37.2 Å². The maximum absolute atomic E-state index is 11.0. The minimum atomic E-state index is -0.999. The molecule has 0 atom stereocenters. The molecule has 0 amide bonds. The number of hydrogen-bond donors (Lipinski definition) is 1. The minimum absolute atomic E-state index is 0.164. The Morgan fingerprint density at radius 2 is 1.64 bits per heavy atom. The molecule has 2 aromatic carbocycles. The number of rotatable bonds is 9. The zero-order valence-electron chi connectivity index (χ0n) is 14.8. The Kier molecular flexibility index (Phi) is 6.69. The van der Waals surface area contributed by atoms with Crippen molar-refractivity contribution in [1.29, 1.82) is 0 Å². The number of hydrogen-bond acceptors (Lipinski definition) is 4. The van der Waals surface area contributed by atoms with Gasteiger partial charge in [-0.3, -0.25) is 0 Å². The van der Waals surface area contributed by atoms with E-state index in [4.69, 9.17) is 19.3 Å². The lowest BCUT2D eigenvalue weighted by Crippen LogP contribution is -2.10. The molecule has 2 aromatic rings. The van der Waals surface area contributed by atoms with Crippen LogP contribution in [0.3, 0.4) is 0 Å². The van der Waals surface area contributed by atoms with Crippen molar-refractivity contribution in [1.82, 2.24) is 0 Å². The molecular weight excluding hydrogens is 320 g/mol. The van der Waals surface area contributed by atoms with Crippen LogP contribution in [0.2, 0.25) is 0 Å². The van der Waals surface area contributed by atoms with Crippen LogP contribution in [-0.4, -0.2) is 30.9 Å². The third kappa shape index (κ3) is 5.41. The normalized spacial score (nSPS) is 10.6. The molecule has 0 aliphatic heterocycles. The fourth-order valence-electron chi connectivity index (χ4n) is 2.29. The van der Waals surface area contributed by atoms with Gasteiger partial charge in [-0.05, 0) is 48.7 Å². The molecular formula is C20H24O5. The van der Waals surface area contributed by atoms with Gasteiger partial charge in [-0.15, -0.1) is 0 Å². The van der Waals surface area contributed by atoms with Crippen molar-refractivity contribution in [2.45, 2.75) is 26.7 Å². The van der Waals surface area contributed by atoms with Crippen molar-refractivity contribution < 1.29 is 24.1 Å². The zero-order chi connectivity index (χ0) is 18.2. The lowest BCUT2D eigenvalue weighted by molar-refractivity contribution is 0.0696. The highest BCUT2D eigenvalue weighted by atomic mass is 16.5. The molecule has 0 unspecified atom stereocenters. The highest BCUT2D eigenvalue weighted by Gasteiger charge is 2.10. The average Bonchev–Trinajstić information content (AvgIpc) is 2.60. The molecule has 0 saturated heterocycles. The Morgan fingerprint density at radius 3 is 2.24 bits per heavy atom. The van der Waals surface area contributed by atoms with Crippen LogP contribution >= 0.6 is 0 Å². The summed E-state index contributed by atoms with van der Waals surface area (Å²) >= 11 is 0. The van der Waals surface area contributed by atoms with E-state index in [2.05, 4.69) is 26.0 Å². The predicted octanol–water partition coefficient (Wildman–Crippen LogP) is 4.36. The largest absolute Gasteiger partial charge is 0.490 e. The van der Waals surface area contributed by atoms with Crippen LogP contribution in [0.5, 0.6) is 17.2 Å². The molecule has 0 aliphatic rings. The summed E-state index contributed by atoms with van der Waals surface area (Å²) in [7, 11) is 0. The van der Waals surface area contributed by atoms with Crippen LogP contribution < -0.4 is 14.2 Å². The van der Waals surface area contributed by atoms with Crippen molar-refractivity contribution in [2.75, 3.05) is 19.8 Å². The molecule has 5 heteroatoms. The van der Waals surface area contributed by atoms with Crippen LogP contribution in [0.15, 0.2) is 42.5 Å². The first-order chi connectivity index (χ1) is 12.0. The van der Waals surface area contributed by atoms with E-state index < -0.39 is 5.97 Å². The van der Waals surface area contributed by atoms with Crippen LogP contribution in [0.25, 0.3) is 0 Å². The fourth-order valence-corrected chi connectivity index (χ4v) is 2.29. The van der Waals surface area contributed by atoms with E-state index in [1.807, 2.05) is 19.1 Å². The van der Waals surface area contributed by atoms with E-state index in [0.717, 1.165) is 5.75 Å². The summed E-state index contributed by atoms with van der Waals surface area (Å²) in [6, 6.07) is 12.6. The highest BCUT2D eigenvalue weighted by Crippen LogP contribution is 2.28. The quantitative estimate of drug-likeness (QED) is 0.685. The Morgan fingerprint density at radius 1 is 0.960 bits per heavy atom.